The van der Waals surface area contributed by atoms with Crippen LogP contribution in [0.2, 0.25) is 0 Å². The quantitative estimate of drug-likeness (QED) is 0.792. The molecule has 0 amide bonds. The van der Waals surface area contributed by atoms with Crippen molar-refractivity contribution in [2.45, 2.75) is 24.7 Å². The van der Waals surface area contributed by atoms with Gasteiger partial charge in [0.25, 0.3) is 0 Å². The Hall–Kier alpha value is -0.960. The maximum absolute atomic E-state index is 12.4. The van der Waals surface area contributed by atoms with E-state index >= 15 is 0 Å². The van der Waals surface area contributed by atoms with Crippen LogP contribution in [0, 0.1) is 5.41 Å². The Labute approximate surface area is 128 Å². The average molecular weight is 332 g/mol. The Kier molecular flexibility index (Phi) is 5.03. The number of thiophene rings is 1. The molecule has 0 spiro atoms. The Bertz CT molecular complexity index is 603. The van der Waals surface area contributed by atoms with E-state index < -0.39 is 16.0 Å². The maximum atomic E-state index is 12.4. The fourth-order valence-corrected chi connectivity index (χ4v) is 4.90. The normalized spacial score (nSPS) is 23.0. The van der Waals surface area contributed by atoms with Crippen LogP contribution in [-0.2, 0) is 14.8 Å². The van der Waals surface area contributed by atoms with E-state index in [2.05, 4.69) is 21.7 Å². The number of hydrogen-bond acceptors (Lipinski definition) is 6. The van der Waals surface area contributed by atoms with Gasteiger partial charge in [-0.2, -0.15) is 0 Å². The number of piperidine rings is 1. The molecule has 1 saturated heterocycles. The van der Waals surface area contributed by atoms with E-state index in [4.69, 9.17) is 0 Å². The van der Waals surface area contributed by atoms with E-state index in [9.17, 15) is 13.2 Å². The minimum Gasteiger partial charge on any atom is -0.465 e. The van der Waals surface area contributed by atoms with Crippen LogP contribution in [-0.4, -0.2) is 41.1 Å². The molecule has 2 rings (SSSR count). The van der Waals surface area contributed by atoms with E-state index in [1.165, 1.54) is 13.2 Å². The molecule has 1 aromatic rings. The molecule has 1 fully saturated rings. The molecule has 118 valence electrons. The van der Waals surface area contributed by atoms with Crippen LogP contribution in [0.3, 0.4) is 0 Å². The molecule has 0 aliphatic carbocycles. The molecule has 1 aliphatic rings. The smallest absolute Gasteiger partial charge is 0.349 e. The summed E-state index contributed by atoms with van der Waals surface area (Å²) < 4.78 is 32.0. The van der Waals surface area contributed by atoms with Gasteiger partial charge in [-0.05, 0) is 36.2 Å². The van der Waals surface area contributed by atoms with Gasteiger partial charge in [0.05, 0.1) is 7.11 Å². The van der Waals surface area contributed by atoms with E-state index in [0.29, 0.717) is 6.54 Å². The molecule has 2 heterocycles. The Balaban J connectivity index is 2.12. The van der Waals surface area contributed by atoms with Crippen LogP contribution in [0.1, 0.15) is 29.4 Å². The highest BCUT2D eigenvalue weighted by Gasteiger charge is 2.30. The highest BCUT2D eigenvalue weighted by atomic mass is 32.2. The van der Waals surface area contributed by atoms with Crippen molar-refractivity contribution in [3.05, 3.63) is 16.3 Å². The third kappa shape index (κ3) is 3.82. The van der Waals surface area contributed by atoms with Crippen LogP contribution in [0.5, 0.6) is 0 Å². The van der Waals surface area contributed by atoms with Crippen molar-refractivity contribution >= 4 is 27.3 Å². The first-order valence-electron chi connectivity index (χ1n) is 6.74. The number of carbonyl (C=O) groups excluding carboxylic acids is 1. The van der Waals surface area contributed by atoms with Crippen molar-refractivity contribution in [3.8, 4) is 0 Å². The molecule has 1 unspecified atom stereocenters. The maximum Gasteiger partial charge on any atom is 0.349 e. The van der Waals surface area contributed by atoms with Crippen LogP contribution in [0.4, 0.5) is 0 Å². The van der Waals surface area contributed by atoms with E-state index in [-0.39, 0.29) is 15.2 Å². The lowest BCUT2D eigenvalue weighted by Crippen LogP contribution is -2.45. The summed E-state index contributed by atoms with van der Waals surface area (Å²) in [5, 5.41) is 4.85. The number of rotatable bonds is 5. The summed E-state index contributed by atoms with van der Waals surface area (Å²) >= 11 is 1.06. The second-order valence-electron chi connectivity index (χ2n) is 5.52. The van der Waals surface area contributed by atoms with Gasteiger partial charge in [0, 0.05) is 13.1 Å². The minimum absolute atomic E-state index is 0.00767. The standard InChI is InChI=1S/C13H20N2O4S2/c1-13(5-3-6-14-8-13)9-15-21(17,18)10-4-7-20-11(10)12(16)19-2/h4,7,14-15H,3,5-6,8-9H2,1-2H3. The predicted molar refractivity (Wildman–Crippen MR) is 81.1 cm³/mol. The second-order valence-corrected chi connectivity index (χ2v) is 8.17. The van der Waals surface area contributed by atoms with Crippen LogP contribution < -0.4 is 10.0 Å². The molecule has 0 saturated carbocycles. The van der Waals surface area contributed by atoms with Gasteiger partial charge in [-0.25, -0.2) is 17.9 Å². The topological polar surface area (TPSA) is 84.5 Å². The molecule has 6 nitrogen and oxygen atoms in total. The summed E-state index contributed by atoms with van der Waals surface area (Å²) in [7, 11) is -2.47. The van der Waals surface area contributed by atoms with Crippen molar-refractivity contribution in [2.75, 3.05) is 26.7 Å². The summed E-state index contributed by atoms with van der Waals surface area (Å²) in [6.07, 6.45) is 2.00. The van der Waals surface area contributed by atoms with E-state index in [1.54, 1.807) is 5.38 Å². The van der Waals surface area contributed by atoms with Gasteiger partial charge in [-0.1, -0.05) is 6.92 Å². The molecule has 1 atom stereocenters. The first kappa shape index (κ1) is 16.4. The number of sulfonamides is 1. The largest absolute Gasteiger partial charge is 0.465 e. The molecule has 1 aromatic heterocycles. The molecule has 0 bridgehead atoms. The van der Waals surface area contributed by atoms with Crippen molar-refractivity contribution in [1.29, 1.82) is 0 Å². The average Bonchev–Trinajstić information content (AvgIpc) is 2.96. The molecular formula is C13H20N2O4S2. The van der Waals surface area contributed by atoms with E-state index in [0.717, 1.165) is 37.3 Å². The molecule has 21 heavy (non-hydrogen) atoms. The lowest BCUT2D eigenvalue weighted by atomic mass is 9.83. The zero-order valence-corrected chi connectivity index (χ0v) is 13.8. The fraction of sp³-hybridized carbons (Fsp3) is 0.615. The number of nitrogens with one attached hydrogen (secondary N) is 2. The van der Waals surface area contributed by atoms with Crippen LogP contribution >= 0.6 is 11.3 Å². The minimum atomic E-state index is -3.71. The Morgan fingerprint density at radius 1 is 1.57 bits per heavy atom. The second kappa shape index (κ2) is 6.43. The van der Waals surface area contributed by atoms with Gasteiger partial charge in [0.15, 0.2) is 0 Å². The highest BCUT2D eigenvalue weighted by Crippen LogP contribution is 2.27. The molecule has 0 aromatic carbocycles. The lowest BCUT2D eigenvalue weighted by Gasteiger charge is -2.34. The number of carbonyl (C=O) groups is 1. The van der Waals surface area contributed by atoms with E-state index in [1.807, 2.05) is 0 Å². The molecule has 2 N–H and O–H groups in total. The highest BCUT2D eigenvalue weighted by molar-refractivity contribution is 7.89. The van der Waals surface area contributed by atoms with Gasteiger partial charge in [-0.15, -0.1) is 11.3 Å². The van der Waals surface area contributed by atoms with Gasteiger partial charge in [0.1, 0.15) is 9.77 Å². The van der Waals surface area contributed by atoms with Crippen molar-refractivity contribution in [2.24, 2.45) is 5.41 Å². The summed E-state index contributed by atoms with van der Waals surface area (Å²) in [6, 6.07) is 1.43. The zero-order valence-electron chi connectivity index (χ0n) is 12.1. The summed E-state index contributed by atoms with van der Waals surface area (Å²) in [4.78, 5) is 11.7. The third-order valence-corrected chi connectivity index (χ3v) is 6.13. The van der Waals surface area contributed by atoms with Crippen molar-refractivity contribution in [3.63, 3.8) is 0 Å². The van der Waals surface area contributed by atoms with Crippen LogP contribution in [0.25, 0.3) is 0 Å². The third-order valence-electron chi connectivity index (χ3n) is 3.66. The van der Waals surface area contributed by atoms with Gasteiger partial charge >= 0.3 is 5.97 Å². The number of ether oxygens (including phenoxy) is 1. The van der Waals surface area contributed by atoms with Crippen molar-refractivity contribution < 1.29 is 17.9 Å². The summed E-state index contributed by atoms with van der Waals surface area (Å²) in [5.74, 6) is -0.629. The monoisotopic (exact) mass is 332 g/mol. The van der Waals surface area contributed by atoms with Crippen LogP contribution in [0.15, 0.2) is 16.3 Å². The first-order valence-corrected chi connectivity index (χ1v) is 9.10. The summed E-state index contributed by atoms with van der Waals surface area (Å²) in [5.41, 5.74) is -0.104. The number of hydrogen-bond donors (Lipinski definition) is 2. The van der Waals surface area contributed by atoms with Gasteiger partial charge in [0.2, 0.25) is 10.0 Å². The number of esters is 1. The molecule has 8 heteroatoms. The summed E-state index contributed by atoms with van der Waals surface area (Å²) in [6.45, 7) is 4.15. The SMILES string of the molecule is COC(=O)c1sccc1S(=O)(=O)NCC1(C)CCCNC1. The zero-order chi connectivity index (χ0) is 15.5. The Morgan fingerprint density at radius 3 is 2.95 bits per heavy atom. The van der Waals surface area contributed by atoms with Crippen molar-refractivity contribution in [1.82, 2.24) is 10.0 Å². The molecule has 1 aliphatic heterocycles. The first-order chi connectivity index (χ1) is 9.88. The van der Waals surface area contributed by atoms with Gasteiger partial charge in [-0.3, -0.25) is 0 Å². The lowest BCUT2D eigenvalue weighted by molar-refractivity contribution is 0.0602. The predicted octanol–water partition coefficient (Wildman–Crippen LogP) is 1.20. The molecule has 0 radical (unpaired) electrons. The number of methoxy groups -OCH3 is 1. The Morgan fingerprint density at radius 2 is 2.33 bits per heavy atom. The molecular weight excluding hydrogens is 312 g/mol. The van der Waals surface area contributed by atoms with Gasteiger partial charge < -0.3 is 10.1 Å². The fourth-order valence-electron chi connectivity index (χ4n) is 2.37.